The Kier molecular flexibility index (Phi) is 5.73. The molecule has 0 unspecified atom stereocenters. The topological polar surface area (TPSA) is 52.8 Å². The van der Waals surface area contributed by atoms with Gasteiger partial charge in [-0.3, -0.25) is 4.79 Å². The van der Waals surface area contributed by atoms with E-state index in [2.05, 4.69) is 40.9 Å². The van der Waals surface area contributed by atoms with Crippen molar-refractivity contribution in [3.05, 3.63) is 52.3 Å². The van der Waals surface area contributed by atoms with Crippen molar-refractivity contribution in [2.45, 2.75) is 19.9 Å². The lowest BCUT2D eigenvalue weighted by molar-refractivity contribution is 0.0996. The smallest absolute Gasteiger partial charge is 0.279 e. The van der Waals surface area contributed by atoms with Crippen LogP contribution >= 0.6 is 23.1 Å². The lowest BCUT2D eigenvalue weighted by Crippen LogP contribution is -2.18. The highest BCUT2D eigenvalue weighted by Gasteiger charge is 2.15. The summed E-state index contributed by atoms with van der Waals surface area (Å²) in [5.74, 6) is 1.97. The average molecular weight is 415 g/mol. The second kappa shape index (κ2) is 8.41. The highest BCUT2D eigenvalue weighted by atomic mass is 32.2. The normalized spacial score (nSPS) is 13.9. The van der Waals surface area contributed by atoms with Crippen molar-refractivity contribution >= 4 is 39.2 Å². The fourth-order valence-electron chi connectivity index (χ4n) is 3.15. The van der Waals surface area contributed by atoms with Gasteiger partial charge >= 0.3 is 0 Å². The molecule has 2 aromatic carbocycles. The number of benzene rings is 2. The third-order valence-electron chi connectivity index (χ3n) is 4.66. The van der Waals surface area contributed by atoms with E-state index >= 15 is 0 Å². The number of carbonyl (C=O) groups excluding carboxylic acids is 1. The van der Waals surface area contributed by atoms with E-state index in [-0.39, 0.29) is 5.91 Å². The number of thiazole rings is 1. The maximum atomic E-state index is 12.9. The van der Waals surface area contributed by atoms with Gasteiger partial charge in [-0.25, -0.2) is 0 Å². The van der Waals surface area contributed by atoms with Gasteiger partial charge in [0.2, 0.25) is 0 Å². The number of thioether (sulfide) groups is 1. The largest absolute Gasteiger partial charge is 0.486 e. The van der Waals surface area contributed by atoms with Gasteiger partial charge in [-0.1, -0.05) is 24.3 Å². The van der Waals surface area contributed by atoms with Gasteiger partial charge < -0.3 is 14.0 Å². The zero-order chi connectivity index (χ0) is 19.5. The molecule has 3 aromatic rings. The summed E-state index contributed by atoms with van der Waals surface area (Å²) in [4.78, 5) is 18.0. The number of fused-ring (bicyclic) bond motifs is 2. The summed E-state index contributed by atoms with van der Waals surface area (Å²) in [6.07, 6.45) is 3.07. The summed E-state index contributed by atoms with van der Waals surface area (Å²) in [5.41, 5.74) is 2.92. The zero-order valence-corrected chi connectivity index (χ0v) is 17.6. The van der Waals surface area contributed by atoms with Gasteiger partial charge in [0.05, 0.1) is 10.2 Å². The molecule has 0 saturated carbocycles. The number of aromatic nitrogens is 1. The van der Waals surface area contributed by atoms with E-state index in [1.54, 1.807) is 41.3 Å². The minimum atomic E-state index is -0.267. The van der Waals surface area contributed by atoms with E-state index in [0.717, 1.165) is 33.7 Å². The van der Waals surface area contributed by atoms with Crippen LogP contribution in [-0.4, -0.2) is 35.7 Å². The number of aryl methyl sites for hydroxylation is 2. The molecule has 0 aliphatic carbocycles. The predicted octanol–water partition coefficient (Wildman–Crippen LogP) is 4.14. The average Bonchev–Trinajstić information content (AvgIpc) is 3.07. The summed E-state index contributed by atoms with van der Waals surface area (Å²) >= 11 is 3.35. The molecule has 2 heterocycles. The molecule has 4 rings (SSSR count). The molecule has 1 aliphatic rings. The molecule has 28 heavy (non-hydrogen) atoms. The zero-order valence-electron chi connectivity index (χ0n) is 15.9. The van der Waals surface area contributed by atoms with Crippen LogP contribution in [-0.2, 0) is 13.0 Å². The lowest BCUT2D eigenvalue weighted by atomic mass is 10.2. The van der Waals surface area contributed by atoms with Crippen LogP contribution in [0.25, 0.3) is 10.2 Å². The van der Waals surface area contributed by atoms with E-state index in [1.165, 1.54) is 5.56 Å². The van der Waals surface area contributed by atoms with Gasteiger partial charge in [0.15, 0.2) is 16.3 Å². The van der Waals surface area contributed by atoms with E-state index in [4.69, 9.17) is 9.47 Å². The molecule has 1 amide bonds. The molecule has 0 spiro atoms. The van der Waals surface area contributed by atoms with Gasteiger partial charge in [0, 0.05) is 17.9 Å². The van der Waals surface area contributed by atoms with E-state index < -0.39 is 0 Å². The number of nitrogens with zero attached hydrogens (tertiary/aromatic N) is 2. The van der Waals surface area contributed by atoms with Gasteiger partial charge in [0.25, 0.3) is 5.91 Å². The Labute approximate surface area is 172 Å². The maximum absolute atomic E-state index is 12.9. The molecule has 0 N–H and O–H groups in total. The first-order chi connectivity index (χ1) is 13.7. The number of hydrogen-bond donors (Lipinski definition) is 0. The van der Waals surface area contributed by atoms with Gasteiger partial charge in [-0.15, -0.1) is 0 Å². The Morgan fingerprint density at radius 1 is 1.18 bits per heavy atom. The molecule has 0 saturated heterocycles. The third-order valence-corrected chi connectivity index (χ3v) is 6.29. The predicted molar refractivity (Wildman–Crippen MR) is 115 cm³/mol. The SMILES string of the molecule is CCc1ccc2c(c1)sc(=NC(=O)c1ccc3c(c1)OCCO3)n2CCSC. The molecule has 0 bridgehead atoms. The fourth-order valence-corrected chi connectivity index (χ4v) is 4.63. The number of ether oxygens (including phenoxy) is 2. The second-order valence-corrected chi connectivity index (χ2v) is 8.45. The van der Waals surface area contributed by atoms with Crippen LogP contribution in [0.4, 0.5) is 0 Å². The van der Waals surface area contributed by atoms with Crippen LogP contribution in [0.15, 0.2) is 41.4 Å². The quantitative estimate of drug-likeness (QED) is 0.630. The molecular weight excluding hydrogens is 392 g/mol. The highest BCUT2D eigenvalue weighted by Crippen LogP contribution is 2.31. The Morgan fingerprint density at radius 3 is 2.79 bits per heavy atom. The number of rotatable bonds is 5. The van der Waals surface area contributed by atoms with Crippen molar-refractivity contribution in [2.75, 3.05) is 25.2 Å². The van der Waals surface area contributed by atoms with E-state index in [9.17, 15) is 4.79 Å². The van der Waals surface area contributed by atoms with Gasteiger partial charge in [-0.2, -0.15) is 16.8 Å². The number of hydrogen-bond acceptors (Lipinski definition) is 5. The maximum Gasteiger partial charge on any atom is 0.279 e. The first-order valence-electron chi connectivity index (χ1n) is 9.29. The van der Waals surface area contributed by atoms with Crippen molar-refractivity contribution in [1.29, 1.82) is 0 Å². The van der Waals surface area contributed by atoms with Crippen molar-refractivity contribution in [1.82, 2.24) is 4.57 Å². The lowest BCUT2D eigenvalue weighted by Gasteiger charge is -2.18. The standard InChI is InChI=1S/C21H22N2O3S2/c1-3-14-4-6-16-19(12-14)28-21(23(16)8-11-27-2)22-20(24)15-5-7-17-18(13-15)26-10-9-25-17/h4-7,12-13H,3,8-11H2,1-2H3. The molecule has 1 aliphatic heterocycles. The van der Waals surface area contributed by atoms with Crippen molar-refractivity contribution in [3.8, 4) is 11.5 Å². The molecular formula is C21H22N2O3S2. The summed E-state index contributed by atoms with van der Waals surface area (Å²) in [7, 11) is 0. The molecule has 5 nitrogen and oxygen atoms in total. The molecule has 0 fully saturated rings. The third kappa shape index (κ3) is 3.82. The number of carbonyl (C=O) groups is 1. The van der Waals surface area contributed by atoms with E-state index in [1.807, 2.05) is 0 Å². The van der Waals surface area contributed by atoms with Crippen LogP contribution in [0, 0.1) is 0 Å². The van der Waals surface area contributed by atoms with Crippen LogP contribution in [0.1, 0.15) is 22.8 Å². The summed E-state index contributed by atoms with van der Waals surface area (Å²) in [6.45, 7) is 3.99. The highest BCUT2D eigenvalue weighted by molar-refractivity contribution is 7.98. The van der Waals surface area contributed by atoms with Crippen LogP contribution in [0.2, 0.25) is 0 Å². The fraction of sp³-hybridized carbons (Fsp3) is 0.333. The van der Waals surface area contributed by atoms with Crippen LogP contribution in [0.3, 0.4) is 0 Å². The Morgan fingerprint density at radius 2 is 2.00 bits per heavy atom. The molecule has 146 valence electrons. The van der Waals surface area contributed by atoms with Crippen molar-refractivity contribution < 1.29 is 14.3 Å². The molecule has 0 radical (unpaired) electrons. The minimum Gasteiger partial charge on any atom is -0.486 e. The Bertz CT molecular complexity index is 1080. The minimum absolute atomic E-state index is 0.267. The van der Waals surface area contributed by atoms with E-state index in [0.29, 0.717) is 30.3 Å². The first-order valence-corrected chi connectivity index (χ1v) is 11.5. The first kappa shape index (κ1) is 19.1. The Balaban J connectivity index is 1.76. The monoisotopic (exact) mass is 414 g/mol. The number of amides is 1. The van der Waals surface area contributed by atoms with Crippen LogP contribution in [0.5, 0.6) is 11.5 Å². The second-order valence-electron chi connectivity index (χ2n) is 6.46. The molecule has 0 atom stereocenters. The molecule has 1 aromatic heterocycles. The van der Waals surface area contributed by atoms with Crippen LogP contribution < -0.4 is 14.3 Å². The van der Waals surface area contributed by atoms with Gasteiger partial charge in [0.1, 0.15) is 13.2 Å². The summed E-state index contributed by atoms with van der Waals surface area (Å²) in [5, 5.41) is 0. The van der Waals surface area contributed by atoms with Crippen molar-refractivity contribution in [3.63, 3.8) is 0 Å². The van der Waals surface area contributed by atoms with Gasteiger partial charge in [-0.05, 0) is 48.6 Å². The Hall–Kier alpha value is -2.25. The van der Waals surface area contributed by atoms with Crippen molar-refractivity contribution in [2.24, 2.45) is 4.99 Å². The summed E-state index contributed by atoms with van der Waals surface area (Å²) in [6, 6.07) is 11.7. The summed E-state index contributed by atoms with van der Waals surface area (Å²) < 4.78 is 14.4. The molecule has 7 heteroatoms.